The molecule has 4 aromatic rings. The molecule has 0 spiro atoms. The number of non-ortho nitro benzene ring substituents is 1. The molecule has 0 fully saturated rings. The van der Waals surface area contributed by atoms with E-state index < -0.39 is 28.8 Å². The van der Waals surface area contributed by atoms with Crippen LogP contribution >= 0.6 is 0 Å². The molecule has 0 saturated carbocycles. The Bertz CT molecular complexity index is 1900. The minimum absolute atomic E-state index is 0.141. The Kier molecular flexibility index (Phi) is 7.44. The fourth-order valence-corrected chi connectivity index (χ4v) is 6.27. The maximum atomic E-state index is 13.4. The third kappa shape index (κ3) is 4.80. The largest absolute Gasteiger partial charge is 0.313 e. The molecule has 11 heteroatoms. The second kappa shape index (κ2) is 11.3. The molecule has 2 atom stereocenters. The van der Waals surface area contributed by atoms with Crippen molar-refractivity contribution in [3.63, 3.8) is 0 Å². The van der Waals surface area contributed by atoms with Gasteiger partial charge in [0.05, 0.1) is 10.5 Å². The van der Waals surface area contributed by atoms with Crippen molar-refractivity contribution in [2.75, 3.05) is 26.2 Å². The fraction of sp³-hybridized carbons (Fsp3) is 0.273. The van der Waals surface area contributed by atoms with Crippen molar-refractivity contribution in [1.29, 1.82) is 0 Å². The van der Waals surface area contributed by atoms with E-state index in [4.69, 9.17) is 0 Å². The van der Waals surface area contributed by atoms with E-state index >= 15 is 0 Å². The van der Waals surface area contributed by atoms with E-state index in [9.17, 15) is 29.3 Å². The molecule has 0 radical (unpaired) electrons. The zero-order chi connectivity index (χ0) is 31.3. The first kappa shape index (κ1) is 29.1. The monoisotopic (exact) mass is 593 g/mol. The molecule has 4 aromatic carbocycles. The molecule has 0 saturated heterocycles. The molecule has 44 heavy (non-hydrogen) atoms. The van der Waals surface area contributed by atoms with Crippen LogP contribution in [0, 0.1) is 17.0 Å². The number of aryl methyl sites for hydroxylation is 1. The molecule has 6 rings (SSSR count). The highest BCUT2D eigenvalue weighted by molar-refractivity contribution is 6.26. The molecule has 2 aliphatic rings. The van der Waals surface area contributed by atoms with Crippen molar-refractivity contribution in [1.82, 2.24) is 20.4 Å². The Morgan fingerprint density at radius 3 is 1.64 bits per heavy atom. The summed E-state index contributed by atoms with van der Waals surface area (Å²) in [6, 6.07) is 15.9. The van der Waals surface area contributed by atoms with Gasteiger partial charge in [0.2, 0.25) is 0 Å². The summed E-state index contributed by atoms with van der Waals surface area (Å²) in [5.41, 5.74) is 2.28. The molecular weight excluding hydrogens is 562 g/mol. The molecule has 2 N–H and O–H groups in total. The molecule has 224 valence electrons. The lowest BCUT2D eigenvalue weighted by atomic mass is 9.91. The maximum absolute atomic E-state index is 13.4. The highest BCUT2D eigenvalue weighted by Crippen LogP contribution is 2.34. The number of nitrogens with zero attached hydrogens (tertiary/aromatic N) is 3. The number of nitro groups is 1. The molecule has 0 aromatic heterocycles. The van der Waals surface area contributed by atoms with Gasteiger partial charge in [0.25, 0.3) is 29.3 Å². The maximum Gasteiger partial charge on any atom is 0.270 e. The van der Waals surface area contributed by atoms with Crippen molar-refractivity contribution in [3.8, 4) is 0 Å². The van der Waals surface area contributed by atoms with Gasteiger partial charge in [-0.3, -0.25) is 39.1 Å². The smallest absolute Gasteiger partial charge is 0.270 e. The number of hydrogen-bond donors (Lipinski definition) is 2. The average molecular weight is 594 g/mol. The van der Waals surface area contributed by atoms with E-state index in [1.165, 1.54) is 17.0 Å². The van der Waals surface area contributed by atoms with Gasteiger partial charge >= 0.3 is 0 Å². The summed E-state index contributed by atoms with van der Waals surface area (Å²) in [5, 5.41) is 20.5. The van der Waals surface area contributed by atoms with Crippen molar-refractivity contribution in [3.05, 3.63) is 98.6 Å². The number of amides is 4. The molecule has 11 nitrogen and oxygen atoms in total. The average Bonchev–Trinajstić information content (AvgIpc) is 2.99. The van der Waals surface area contributed by atoms with Crippen LogP contribution in [0.4, 0.5) is 5.69 Å². The second-order valence-electron chi connectivity index (χ2n) is 11.4. The summed E-state index contributed by atoms with van der Waals surface area (Å²) in [6.07, 6.45) is 0. The first-order valence-electron chi connectivity index (χ1n) is 14.5. The molecule has 4 amide bonds. The summed E-state index contributed by atoms with van der Waals surface area (Å²) in [5.74, 6) is -1.61. The zero-order valence-corrected chi connectivity index (χ0v) is 24.5. The van der Waals surface area contributed by atoms with Crippen LogP contribution < -0.4 is 10.6 Å². The van der Waals surface area contributed by atoms with Gasteiger partial charge < -0.3 is 10.6 Å². The van der Waals surface area contributed by atoms with Crippen LogP contribution in [0.5, 0.6) is 0 Å². The Hall–Kier alpha value is -5.00. The fourth-order valence-electron chi connectivity index (χ4n) is 6.27. The van der Waals surface area contributed by atoms with Crippen LogP contribution in [0.2, 0.25) is 0 Å². The molecule has 2 aliphatic heterocycles. The van der Waals surface area contributed by atoms with E-state index in [0.29, 0.717) is 59.0 Å². The molecule has 2 heterocycles. The Morgan fingerprint density at radius 2 is 1.14 bits per heavy atom. The number of hydrogen-bond acceptors (Lipinski definition) is 8. The summed E-state index contributed by atoms with van der Waals surface area (Å²) in [4.78, 5) is 66.8. The Labute approximate surface area is 253 Å². The van der Waals surface area contributed by atoms with Crippen LogP contribution in [0.3, 0.4) is 0 Å². The van der Waals surface area contributed by atoms with E-state index in [1.54, 1.807) is 31.2 Å². The first-order chi connectivity index (χ1) is 21.1. The SMILES string of the molecule is Cc1cc2c3c(cccc3c1)C(=O)N([C@H](C)CNCCNC[C@@H](C)N1C(=O)c3cccc4cc([N+](=O)[O-])cc(c34)C1=O)C2=O. The number of imide groups is 2. The van der Waals surface area contributed by atoms with Gasteiger partial charge in [-0.1, -0.05) is 30.3 Å². The summed E-state index contributed by atoms with van der Waals surface area (Å²) in [7, 11) is 0. The lowest BCUT2D eigenvalue weighted by Gasteiger charge is -2.32. The second-order valence-corrected chi connectivity index (χ2v) is 11.4. The summed E-state index contributed by atoms with van der Waals surface area (Å²) < 4.78 is 0. The number of carbonyl (C=O) groups is 4. The highest BCUT2D eigenvalue weighted by atomic mass is 16.6. The van der Waals surface area contributed by atoms with Crippen molar-refractivity contribution in [2.24, 2.45) is 0 Å². The Balaban J connectivity index is 1.05. The predicted molar refractivity (Wildman–Crippen MR) is 165 cm³/mol. The lowest BCUT2D eigenvalue weighted by Crippen LogP contribution is -2.51. The van der Waals surface area contributed by atoms with Gasteiger partial charge in [0, 0.05) is 77.9 Å². The van der Waals surface area contributed by atoms with Crippen LogP contribution in [0.15, 0.2) is 60.7 Å². The zero-order valence-electron chi connectivity index (χ0n) is 24.5. The van der Waals surface area contributed by atoms with Crippen molar-refractivity contribution >= 4 is 50.9 Å². The third-order valence-electron chi connectivity index (χ3n) is 8.33. The van der Waals surface area contributed by atoms with E-state index in [-0.39, 0.29) is 23.1 Å². The molecule has 0 unspecified atom stereocenters. The predicted octanol–water partition coefficient (Wildman–Crippen LogP) is 4.06. The number of rotatable bonds is 10. The topological polar surface area (TPSA) is 142 Å². The normalized spacial score (nSPS) is 15.8. The van der Waals surface area contributed by atoms with Gasteiger partial charge in [-0.05, 0) is 55.3 Å². The molecular formula is C33H31N5O6. The van der Waals surface area contributed by atoms with E-state index in [1.807, 2.05) is 38.1 Å². The van der Waals surface area contributed by atoms with Crippen molar-refractivity contribution < 1.29 is 24.1 Å². The quantitative estimate of drug-likeness (QED) is 0.121. The van der Waals surface area contributed by atoms with Gasteiger partial charge in [-0.2, -0.15) is 0 Å². The number of benzene rings is 4. The van der Waals surface area contributed by atoms with Gasteiger partial charge in [0.1, 0.15) is 0 Å². The first-order valence-corrected chi connectivity index (χ1v) is 14.5. The van der Waals surface area contributed by atoms with Crippen LogP contribution in [0.1, 0.15) is 60.8 Å². The van der Waals surface area contributed by atoms with Crippen LogP contribution in [-0.2, 0) is 0 Å². The third-order valence-corrected chi connectivity index (χ3v) is 8.33. The molecule has 0 bridgehead atoms. The van der Waals surface area contributed by atoms with Crippen LogP contribution in [0.25, 0.3) is 21.5 Å². The van der Waals surface area contributed by atoms with E-state index in [0.717, 1.165) is 15.8 Å². The van der Waals surface area contributed by atoms with Crippen molar-refractivity contribution in [2.45, 2.75) is 32.9 Å². The highest BCUT2D eigenvalue weighted by Gasteiger charge is 2.37. The van der Waals surface area contributed by atoms with Gasteiger partial charge in [-0.25, -0.2) is 0 Å². The summed E-state index contributed by atoms with van der Waals surface area (Å²) in [6.45, 7) is 7.19. The summed E-state index contributed by atoms with van der Waals surface area (Å²) >= 11 is 0. The Morgan fingerprint density at radius 1 is 0.682 bits per heavy atom. The van der Waals surface area contributed by atoms with Gasteiger partial charge in [0.15, 0.2) is 0 Å². The number of nitrogens with one attached hydrogen (secondary N) is 2. The van der Waals surface area contributed by atoms with Gasteiger partial charge in [-0.15, -0.1) is 0 Å². The minimum atomic E-state index is -0.563. The molecule has 0 aliphatic carbocycles. The lowest BCUT2D eigenvalue weighted by molar-refractivity contribution is -0.384. The van der Waals surface area contributed by atoms with Crippen LogP contribution in [-0.4, -0.2) is 76.6 Å². The number of carbonyl (C=O) groups excluding carboxylic acids is 4. The minimum Gasteiger partial charge on any atom is -0.313 e. The number of nitro benzene ring substituents is 1. The van der Waals surface area contributed by atoms with E-state index in [2.05, 4.69) is 10.6 Å². The standard InChI is InChI=1S/C33H31N5O6/c1-18-12-21-6-4-8-24-28(21)26(13-18)32(41)36(30(24)39)19(2)16-34-10-11-35-17-20(3)37-31(40)25-9-5-7-22-14-23(38(43)44)15-27(29(22)25)33(37)42/h4-9,12-15,19-20,34-35H,10-11,16-17H2,1-3H3/t19-,20-/m1/s1.